The van der Waals surface area contributed by atoms with E-state index in [1.807, 2.05) is 80.8 Å². The Balaban J connectivity index is -0.0000000373. The SMILES string of the molecule is C.C.C.CC.CC.CC.CC.CC(C)(C)Nc1cnc2[nH]ccc2c1.C[C-](C)C.[CH2-]CC.[V+2]. The van der Waals surface area contributed by atoms with Gasteiger partial charge in [0.15, 0.2) is 0 Å². The number of nitrogens with zero attached hydrogens (tertiary/aromatic N) is 1. The minimum Gasteiger partial charge on any atom is -0.379 e. The minimum absolute atomic E-state index is 0. The van der Waals surface area contributed by atoms with Crippen molar-refractivity contribution in [2.24, 2.45) is 0 Å². The number of aromatic amines is 1. The summed E-state index contributed by atoms with van der Waals surface area (Å²) in [6.07, 6.45) is 4.75. The summed E-state index contributed by atoms with van der Waals surface area (Å²) in [5.74, 6) is 1.42. The van der Waals surface area contributed by atoms with Crippen molar-refractivity contribution in [3.8, 4) is 0 Å². The molecule has 0 aliphatic rings. The fourth-order valence-corrected chi connectivity index (χ4v) is 1.44. The molecule has 3 nitrogen and oxygen atoms in total. The van der Waals surface area contributed by atoms with Crippen LogP contribution < -0.4 is 5.32 Å². The first kappa shape index (κ1) is 58.2. The molecule has 0 spiro atoms. The number of anilines is 1. The molecule has 33 heavy (non-hydrogen) atoms. The summed E-state index contributed by atoms with van der Waals surface area (Å²) in [7, 11) is 0. The van der Waals surface area contributed by atoms with Crippen LogP contribution in [0.2, 0.25) is 0 Å². The number of nitrogens with one attached hydrogen (secondary N) is 2. The van der Waals surface area contributed by atoms with Crippen LogP contribution in [-0.2, 0) is 18.6 Å². The van der Waals surface area contributed by atoms with Gasteiger partial charge in [0.1, 0.15) is 5.65 Å². The second-order valence-electron chi connectivity index (χ2n) is 6.51. The van der Waals surface area contributed by atoms with Crippen molar-refractivity contribution in [2.75, 3.05) is 5.32 Å². The topological polar surface area (TPSA) is 40.7 Å². The van der Waals surface area contributed by atoms with Gasteiger partial charge in [-0.25, -0.2) is 4.98 Å². The zero-order chi connectivity index (χ0) is 24.5. The Bertz CT molecular complexity index is 498. The van der Waals surface area contributed by atoms with Crippen molar-refractivity contribution in [3.63, 3.8) is 0 Å². The first-order valence-corrected chi connectivity index (χ1v) is 11.5. The van der Waals surface area contributed by atoms with Crippen LogP contribution in [0, 0.1) is 12.8 Å². The van der Waals surface area contributed by atoms with Crippen LogP contribution in [0.1, 0.15) is 133 Å². The van der Waals surface area contributed by atoms with Crippen LogP contribution >= 0.6 is 0 Å². The summed E-state index contributed by atoms with van der Waals surface area (Å²) in [5, 5.41) is 4.52. The Hall–Kier alpha value is -0.926. The standard InChI is InChI=1S/C11H15N3.C4H9.C3H7.4C2H6.3CH4.V/c1-11(2,3)14-9-6-8-4-5-12-10(8)13-7-9;1-4(2)3;1-3-2;4*1-2;;;;/h4-7,14H,1-3H3,(H,12,13);1-3H3;1,3H2,2H3;4*1-2H3;3*1H4;/q;2*-1;;;;;;;;+2. The zero-order valence-electron chi connectivity index (χ0n) is 23.1. The molecule has 1 radical (unpaired) electrons. The van der Waals surface area contributed by atoms with Gasteiger partial charge < -0.3 is 23.1 Å². The fraction of sp³-hybridized carbons (Fsp3) is 0.690. The molecule has 2 rings (SSSR count). The van der Waals surface area contributed by atoms with Crippen molar-refractivity contribution in [1.82, 2.24) is 9.97 Å². The van der Waals surface area contributed by atoms with Crippen molar-refractivity contribution in [1.29, 1.82) is 0 Å². The van der Waals surface area contributed by atoms with E-state index in [0.717, 1.165) is 23.1 Å². The summed E-state index contributed by atoms with van der Waals surface area (Å²) in [4.78, 5) is 7.38. The molecule has 0 aromatic carbocycles. The van der Waals surface area contributed by atoms with E-state index < -0.39 is 0 Å². The molecule has 0 fully saturated rings. The second kappa shape index (κ2) is 44.7. The quantitative estimate of drug-likeness (QED) is 0.376. The van der Waals surface area contributed by atoms with E-state index in [1.54, 1.807) is 0 Å². The minimum atomic E-state index is 0. The molecular formula is C29H67N3V. The summed E-state index contributed by atoms with van der Waals surface area (Å²) < 4.78 is 0. The van der Waals surface area contributed by atoms with Gasteiger partial charge in [0.2, 0.25) is 0 Å². The number of fused-ring (bicyclic) bond motifs is 1. The van der Waals surface area contributed by atoms with Crippen LogP contribution in [0.5, 0.6) is 0 Å². The number of rotatable bonds is 1. The fourth-order valence-electron chi connectivity index (χ4n) is 1.44. The smallest absolute Gasteiger partial charge is 0.379 e. The van der Waals surface area contributed by atoms with Gasteiger partial charge in [0, 0.05) is 17.1 Å². The van der Waals surface area contributed by atoms with Crippen LogP contribution in [0.3, 0.4) is 0 Å². The molecular weight excluding hydrogens is 441 g/mol. The molecule has 0 aliphatic carbocycles. The van der Waals surface area contributed by atoms with Gasteiger partial charge in [0.05, 0.1) is 11.9 Å². The number of pyridine rings is 1. The third-order valence-corrected chi connectivity index (χ3v) is 1.92. The summed E-state index contributed by atoms with van der Waals surface area (Å²) >= 11 is 0. The Morgan fingerprint density at radius 2 is 1.24 bits per heavy atom. The molecule has 2 heterocycles. The Kier molecular flexibility index (Phi) is 78.8. The van der Waals surface area contributed by atoms with Crippen molar-refractivity contribution in [3.05, 3.63) is 37.4 Å². The maximum atomic E-state index is 4.31. The van der Waals surface area contributed by atoms with Crippen LogP contribution in [-0.4, -0.2) is 15.5 Å². The van der Waals surface area contributed by atoms with Gasteiger partial charge in [-0.05, 0) is 32.9 Å². The van der Waals surface area contributed by atoms with Gasteiger partial charge in [0.25, 0.3) is 0 Å². The number of aromatic nitrogens is 2. The molecule has 0 saturated heterocycles. The van der Waals surface area contributed by atoms with Gasteiger partial charge in [-0.15, -0.1) is 0 Å². The maximum absolute atomic E-state index is 4.31. The molecule has 4 heteroatoms. The molecule has 0 saturated carbocycles. The Morgan fingerprint density at radius 1 is 0.909 bits per heavy atom. The zero-order valence-corrected chi connectivity index (χ0v) is 24.5. The average molecular weight is 509 g/mol. The van der Waals surface area contributed by atoms with Gasteiger partial charge >= 0.3 is 18.6 Å². The van der Waals surface area contributed by atoms with E-state index in [9.17, 15) is 0 Å². The summed E-state index contributed by atoms with van der Waals surface area (Å²) in [6, 6.07) is 4.13. The van der Waals surface area contributed by atoms with Crippen molar-refractivity contribution in [2.45, 2.75) is 138 Å². The first-order valence-electron chi connectivity index (χ1n) is 11.5. The van der Waals surface area contributed by atoms with Gasteiger partial charge in [-0.2, -0.15) is 27.2 Å². The number of hydrogen-bond donors (Lipinski definition) is 2. The molecule has 0 bridgehead atoms. The van der Waals surface area contributed by atoms with Crippen LogP contribution in [0.4, 0.5) is 5.69 Å². The number of hydrogen-bond acceptors (Lipinski definition) is 2. The molecule has 0 unspecified atom stereocenters. The predicted molar refractivity (Wildman–Crippen MR) is 161 cm³/mol. The van der Waals surface area contributed by atoms with E-state index in [1.165, 1.54) is 5.92 Å². The molecule has 203 valence electrons. The molecule has 2 N–H and O–H groups in total. The van der Waals surface area contributed by atoms with Crippen molar-refractivity contribution < 1.29 is 18.6 Å². The third-order valence-electron chi connectivity index (χ3n) is 1.92. The number of H-pyrrole nitrogens is 1. The second-order valence-corrected chi connectivity index (χ2v) is 6.51. The Labute approximate surface area is 225 Å². The molecule has 0 atom stereocenters. The molecule has 2 aromatic rings. The monoisotopic (exact) mass is 508 g/mol. The van der Waals surface area contributed by atoms with E-state index >= 15 is 0 Å². The maximum Gasteiger partial charge on any atom is 2.00 e. The predicted octanol–water partition coefficient (Wildman–Crippen LogP) is 11.6. The van der Waals surface area contributed by atoms with E-state index in [2.05, 4.69) is 69.8 Å². The van der Waals surface area contributed by atoms with E-state index in [4.69, 9.17) is 0 Å². The van der Waals surface area contributed by atoms with Crippen LogP contribution in [0.25, 0.3) is 11.0 Å². The normalized spacial score (nSPS) is 7.42. The van der Waals surface area contributed by atoms with E-state index in [0.29, 0.717) is 0 Å². The first-order chi connectivity index (χ1) is 13.7. The van der Waals surface area contributed by atoms with Crippen molar-refractivity contribution >= 4 is 16.7 Å². The molecule has 0 amide bonds. The van der Waals surface area contributed by atoms with Gasteiger partial charge in [-0.1, -0.05) is 84.6 Å². The van der Waals surface area contributed by atoms with E-state index in [-0.39, 0.29) is 46.4 Å². The summed E-state index contributed by atoms with van der Waals surface area (Å²) in [6.45, 7) is 34.1. The third kappa shape index (κ3) is 49.3. The van der Waals surface area contributed by atoms with Gasteiger partial charge in [-0.3, -0.25) is 0 Å². The summed E-state index contributed by atoms with van der Waals surface area (Å²) in [5.41, 5.74) is 2.07. The van der Waals surface area contributed by atoms with Crippen LogP contribution in [0.15, 0.2) is 24.5 Å². The largest absolute Gasteiger partial charge is 2.00 e. The molecule has 0 aliphatic heterocycles. The Morgan fingerprint density at radius 3 is 1.55 bits per heavy atom. The molecule has 2 aromatic heterocycles. The average Bonchev–Trinajstić information content (AvgIpc) is 3.15.